The van der Waals surface area contributed by atoms with Gasteiger partial charge in [-0.25, -0.2) is 0 Å². The van der Waals surface area contributed by atoms with E-state index >= 15 is 0 Å². The van der Waals surface area contributed by atoms with Gasteiger partial charge in [0.25, 0.3) is 0 Å². The van der Waals surface area contributed by atoms with Crippen LogP contribution in [-0.4, -0.2) is 181 Å². The van der Waals surface area contributed by atoms with Crippen molar-refractivity contribution in [2.75, 3.05) is 19.8 Å². The molecule has 11 N–H and O–H groups in total. The van der Waals surface area contributed by atoms with Crippen LogP contribution in [0.2, 0.25) is 0 Å². The van der Waals surface area contributed by atoms with Crippen molar-refractivity contribution < 1.29 is 89.1 Å². The molecule has 0 spiro atoms. The van der Waals surface area contributed by atoms with E-state index in [4.69, 9.17) is 28.4 Å². The Balaban J connectivity index is 1.10. The van der Waals surface area contributed by atoms with E-state index in [0.29, 0.717) is 25.2 Å². The monoisotopic (exact) mass is 984 g/mol. The zero-order chi connectivity index (χ0) is 50.6. The van der Waals surface area contributed by atoms with Crippen molar-refractivity contribution in [3.8, 4) is 0 Å². The van der Waals surface area contributed by atoms with E-state index in [-0.39, 0.29) is 33.5 Å². The second-order valence-electron chi connectivity index (χ2n) is 24.2. The quantitative estimate of drug-likeness (QED) is 0.101. The second-order valence-corrected chi connectivity index (χ2v) is 24.2. The maximum Gasteiger partial charge on any atom is 0.310 e. The molecule has 394 valence electrons. The van der Waals surface area contributed by atoms with Gasteiger partial charge in [0.05, 0.1) is 31.3 Å². The lowest BCUT2D eigenvalue weighted by atomic mass is 9.33. The Morgan fingerprint density at radius 1 is 0.652 bits per heavy atom. The predicted octanol–water partition coefficient (Wildman–Crippen LogP) is 0.850. The molecule has 0 aromatic rings. The molecule has 3 heterocycles. The number of ether oxygens (including phenoxy) is 6. The van der Waals surface area contributed by atoms with Crippen LogP contribution in [-0.2, 0) is 38.0 Å². The number of carbonyl (C=O) groups excluding carboxylic acids is 1. The van der Waals surface area contributed by atoms with E-state index in [1.165, 1.54) is 12.5 Å². The highest BCUT2D eigenvalue weighted by Gasteiger charge is 2.70. The highest BCUT2D eigenvalue weighted by Crippen LogP contribution is 2.76. The minimum absolute atomic E-state index is 0.00750. The molecule has 19 heteroatoms. The Hall–Kier alpha value is -1.92. The highest BCUT2D eigenvalue weighted by atomic mass is 16.8. The summed E-state index contributed by atoms with van der Waals surface area (Å²) < 4.78 is 37.6. The lowest BCUT2D eigenvalue weighted by Gasteiger charge is -2.71. The fourth-order valence-corrected chi connectivity index (χ4v) is 15.6. The summed E-state index contributed by atoms with van der Waals surface area (Å²) in [4.78, 5) is 26.4. The third-order valence-corrected chi connectivity index (χ3v) is 19.8. The molecule has 7 fully saturated rings. The van der Waals surface area contributed by atoms with Crippen molar-refractivity contribution in [3.63, 3.8) is 0 Å². The topological polar surface area (TPSA) is 304 Å². The van der Waals surface area contributed by atoms with Gasteiger partial charge < -0.3 is 84.8 Å². The number of hydrogen-bond acceptors (Lipinski definition) is 17. The molecule has 0 radical (unpaired) electrons. The molecular formula is C50H81NO18. The maximum absolute atomic E-state index is 13.2. The van der Waals surface area contributed by atoms with E-state index in [9.17, 15) is 60.7 Å². The van der Waals surface area contributed by atoms with Crippen LogP contribution in [0.1, 0.15) is 120 Å². The molecule has 0 aromatic heterocycles. The average Bonchev–Trinajstić information content (AvgIpc) is 3.28. The van der Waals surface area contributed by atoms with Gasteiger partial charge in [0.2, 0.25) is 5.91 Å². The maximum atomic E-state index is 13.2. The number of carbonyl (C=O) groups is 2. The summed E-state index contributed by atoms with van der Waals surface area (Å²) in [6, 6.07) is -1.33. The van der Waals surface area contributed by atoms with Crippen LogP contribution in [0.4, 0.5) is 0 Å². The summed E-state index contributed by atoms with van der Waals surface area (Å²) in [5.41, 5.74) is -0.260. The minimum atomic E-state index is -1.91. The summed E-state index contributed by atoms with van der Waals surface area (Å²) >= 11 is 0. The Morgan fingerprint density at radius 2 is 1.20 bits per heavy atom. The highest BCUT2D eigenvalue weighted by molar-refractivity contribution is 5.76. The molecule has 3 aliphatic heterocycles. The van der Waals surface area contributed by atoms with Crippen LogP contribution >= 0.6 is 0 Å². The third kappa shape index (κ3) is 8.65. The van der Waals surface area contributed by atoms with E-state index < -0.39 is 141 Å². The van der Waals surface area contributed by atoms with Crippen LogP contribution in [0.3, 0.4) is 0 Å². The standard InChI is InChI=1S/C50H81NO18/c1-23(55)51-32-40(69-43-38(61)36(59)34(57)27(21-53)65-43)39(68-42-37(60)35(58)33(56)26(20-52)64-42)28(22-54)66-41(32)67-31-12-13-47(6)29(46(31,4)5)11-14-49(8)30(47)10-9-24-25-19-45(2,3)15-17-50(25,44(62)63)18-16-48(24,49)7/h9,25-43,52-54,56-61H,10-22H2,1-8H3,(H,51,55)(H,62,63)/t25-,26+,27-,28+,29-,30+,31-,32+,33+,34+,35-,36+,37+,38-,39+,40+,41-,42-,43+,47-,48+,49+,50-/m0/s1. The molecule has 0 unspecified atom stereocenters. The van der Waals surface area contributed by atoms with Gasteiger partial charge in [-0.05, 0) is 109 Å². The number of hydrogen-bond donors (Lipinski definition) is 11. The Morgan fingerprint density at radius 3 is 1.75 bits per heavy atom. The zero-order valence-corrected chi connectivity index (χ0v) is 41.5. The summed E-state index contributed by atoms with van der Waals surface area (Å²) in [5, 5.41) is 109. The lowest BCUT2D eigenvalue weighted by Crippen LogP contribution is -2.70. The number of fused-ring (bicyclic) bond motifs is 7. The summed E-state index contributed by atoms with van der Waals surface area (Å²) in [6.45, 7) is 15.2. The van der Waals surface area contributed by atoms with Crippen molar-refractivity contribution in [1.29, 1.82) is 0 Å². The van der Waals surface area contributed by atoms with Gasteiger partial charge in [0.15, 0.2) is 18.9 Å². The summed E-state index contributed by atoms with van der Waals surface area (Å²) in [5.74, 6) is -0.804. The van der Waals surface area contributed by atoms with Crippen LogP contribution in [0.15, 0.2) is 11.6 Å². The van der Waals surface area contributed by atoms with Gasteiger partial charge in [-0.1, -0.05) is 60.1 Å². The Labute approximate surface area is 404 Å². The fourth-order valence-electron chi connectivity index (χ4n) is 15.6. The molecule has 8 rings (SSSR count). The number of aliphatic hydroxyl groups is 9. The van der Waals surface area contributed by atoms with E-state index in [1.54, 1.807) is 0 Å². The first-order valence-corrected chi connectivity index (χ1v) is 25.3. The average molecular weight is 984 g/mol. The van der Waals surface area contributed by atoms with Crippen LogP contribution in [0, 0.1) is 50.2 Å². The van der Waals surface area contributed by atoms with Crippen molar-refractivity contribution in [2.45, 2.75) is 218 Å². The van der Waals surface area contributed by atoms with Crippen molar-refractivity contribution in [2.24, 2.45) is 50.2 Å². The largest absolute Gasteiger partial charge is 0.481 e. The molecular weight excluding hydrogens is 903 g/mol. The number of nitrogens with one attached hydrogen (secondary N) is 1. The summed E-state index contributed by atoms with van der Waals surface area (Å²) in [7, 11) is 0. The number of rotatable bonds is 11. The molecule has 5 aliphatic carbocycles. The SMILES string of the molecule is CC(=O)N[C@H]1[C@H](O[C@H]2CC[C@]3(C)[C@H]4CC=C5[C@@H]6CC(C)(C)CC[C@]6(C(=O)O)CC[C@@]5(C)[C@]4(C)CC[C@H]3C2(C)C)O[C@H](CO)[C@@H](O[C@@H]2O[C@H](CO)[C@@H](O)[C@H](O)[C@H]2O)[C@@H]1O[C@H]1O[C@@H](CO)[C@@H](O)[C@@H](O)[C@@H]1O. The van der Waals surface area contributed by atoms with Gasteiger partial charge >= 0.3 is 5.97 Å². The first-order chi connectivity index (χ1) is 32.2. The van der Waals surface area contributed by atoms with Crippen LogP contribution < -0.4 is 5.32 Å². The Bertz CT molecular complexity index is 1910. The van der Waals surface area contributed by atoms with Crippen LogP contribution in [0.25, 0.3) is 0 Å². The van der Waals surface area contributed by atoms with E-state index in [1.807, 2.05) is 0 Å². The van der Waals surface area contributed by atoms with Gasteiger partial charge in [0.1, 0.15) is 73.2 Å². The number of carboxylic acids is 1. The van der Waals surface area contributed by atoms with E-state index in [2.05, 4.69) is 59.9 Å². The molecule has 8 aliphatic rings. The minimum Gasteiger partial charge on any atom is -0.481 e. The second kappa shape index (κ2) is 19.1. The smallest absolute Gasteiger partial charge is 0.310 e. The van der Waals surface area contributed by atoms with E-state index in [0.717, 1.165) is 44.9 Å². The van der Waals surface area contributed by atoms with Gasteiger partial charge in [-0.3, -0.25) is 9.59 Å². The number of amides is 1. The number of aliphatic hydroxyl groups excluding tert-OH is 9. The van der Waals surface area contributed by atoms with Crippen molar-refractivity contribution >= 4 is 11.9 Å². The summed E-state index contributed by atoms with van der Waals surface area (Å²) in [6.07, 6.45) is -13.2. The van der Waals surface area contributed by atoms with Crippen molar-refractivity contribution in [3.05, 3.63) is 11.6 Å². The zero-order valence-electron chi connectivity index (χ0n) is 41.5. The molecule has 4 saturated carbocycles. The normalized spacial score (nSPS) is 51.4. The van der Waals surface area contributed by atoms with Gasteiger partial charge in [0, 0.05) is 6.92 Å². The predicted molar refractivity (Wildman–Crippen MR) is 242 cm³/mol. The molecule has 0 bridgehead atoms. The van der Waals surface area contributed by atoms with Crippen molar-refractivity contribution in [1.82, 2.24) is 5.32 Å². The van der Waals surface area contributed by atoms with Crippen LogP contribution in [0.5, 0.6) is 0 Å². The Kier molecular flexibility index (Phi) is 14.8. The third-order valence-electron chi connectivity index (χ3n) is 19.8. The number of carboxylic acid groups (broad SMARTS) is 1. The number of aliphatic carboxylic acids is 1. The van der Waals surface area contributed by atoms with Gasteiger partial charge in [-0.15, -0.1) is 0 Å². The number of allylic oxidation sites excluding steroid dienone is 2. The molecule has 0 aromatic carbocycles. The molecule has 23 atom stereocenters. The van der Waals surface area contributed by atoms with Gasteiger partial charge in [-0.2, -0.15) is 0 Å². The fraction of sp³-hybridized carbons (Fsp3) is 0.920. The first kappa shape index (κ1) is 53.4. The first-order valence-electron chi connectivity index (χ1n) is 25.3. The molecule has 69 heavy (non-hydrogen) atoms. The molecule has 3 saturated heterocycles. The molecule has 19 nitrogen and oxygen atoms in total. The lowest BCUT2D eigenvalue weighted by molar-refractivity contribution is -0.380. The molecule has 1 amide bonds.